The van der Waals surface area contributed by atoms with E-state index in [0.29, 0.717) is 12.5 Å². The van der Waals surface area contributed by atoms with Crippen LogP contribution in [0.4, 0.5) is 0 Å². The van der Waals surface area contributed by atoms with Crippen molar-refractivity contribution in [3.8, 4) is 0 Å². The number of carbonyl (C=O) groups is 1. The van der Waals surface area contributed by atoms with Crippen molar-refractivity contribution in [2.75, 3.05) is 26.2 Å². The maximum absolute atomic E-state index is 12.3. The zero-order chi connectivity index (χ0) is 16.0. The lowest BCUT2D eigenvalue weighted by molar-refractivity contribution is -0.133. The van der Waals surface area contributed by atoms with Gasteiger partial charge >= 0.3 is 0 Å². The number of rotatable bonds is 6. The van der Waals surface area contributed by atoms with E-state index in [1.54, 1.807) is 0 Å². The summed E-state index contributed by atoms with van der Waals surface area (Å²) in [5, 5.41) is 0. The van der Waals surface area contributed by atoms with Crippen LogP contribution in [0, 0.1) is 5.41 Å². The van der Waals surface area contributed by atoms with Crippen LogP contribution >= 0.6 is 0 Å². The van der Waals surface area contributed by atoms with Crippen molar-refractivity contribution in [1.82, 2.24) is 9.80 Å². The first-order valence-electron chi connectivity index (χ1n) is 8.54. The molecule has 1 rings (SSSR count). The highest BCUT2D eigenvalue weighted by Gasteiger charge is 2.27. The Morgan fingerprint density at radius 2 is 1.76 bits per heavy atom. The molecule has 0 aromatic rings. The first kappa shape index (κ1) is 18.4. The van der Waals surface area contributed by atoms with Crippen LogP contribution in [0.15, 0.2) is 0 Å². The monoisotopic (exact) mass is 297 g/mol. The molecule has 1 unspecified atom stereocenters. The average molecular weight is 297 g/mol. The van der Waals surface area contributed by atoms with Crippen LogP contribution in [0.2, 0.25) is 0 Å². The lowest BCUT2D eigenvalue weighted by Gasteiger charge is -2.38. The molecule has 1 aliphatic heterocycles. The molecule has 1 aliphatic rings. The molecular formula is C17H35N3O. The lowest BCUT2D eigenvalue weighted by atomic mass is 9.87. The third kappa shape index (κ3) is 6.35. The van der Waals surface area contributed by atoms with E-state index >= 15 is 0 Å². The SMILES string of the molecule is CCN(CC)C1CCN(C(=O)CC(N)CC(C)(C)C)CC1. The van der Waals surface area contributed by atoms with Gasteiger partial charge in [0.05, 0.1) is 0 Å². The summed E-state index contributed by atoms with van der Waals surface area (Å²) in [4.78, 5) is 16.9. The van der Waals surface area contributed by atoms with Gasteiger partial charge in [-0.15, -0.1) is 0 Å². The molecule has 4 heteroatoms. The Hall–Kier alpha value is -0.610. The molecule has 0 aliphatic carbocycles. The van der Waals surface area contributed by atoms with Gasteiger partial charge in [0, 0.05) is 31.6 Å². The molecule has 1 fully saturated rings. The highest BCUT2D eigenvalue weighted by atomic mass is 16.2. The van der Waals surface area contributed by atoms with Gasteiger partial charge in [0.25, 0.3) is 0 Å². The number of carbonyl (C=O) groups excluding carboxylic acids is 1. The highest BCUT2D eigenvalue weighted by Crippen LogP contribution is 2.22. The fraction of sp³-hybridized carbons (Fsp3) is 0.941. The Labute approximate surface area is 131 Å². The molecule has 0 aromatic carbocycles. The van der Waals surface area contributed by atoms with Crippen LogP contribution < -0.4 is 5.73 Å². The molecule has 0 bridgehead atoms. The second-order valence-corrected chi connectivity index (χ2v) is 7.56. The van der Waals surface area contributed by atoms with Crippen molar-refractivity contribution in [1.29, 1.82) is 0 Å². The van der Waals surface area contributed by atoms with Gasteiger partial charge in [-0.1, -0.05) is 34.6 Å². The van der Waals surface area contributed by atoms with Crippen molar-refractivity contribution < 1.29 is 4.79 Å². The van der Waals surface area contributed by atoms with Crippen LogP contribution in [0.3, 0.4) is 0 Å². The Bertz CT molecular complexity index is 312. The van der Waals surface area contributed by atoms with Gasteiger partial charge in [-0.2, -0.15) is 0 Å². The van der Waals surface area contributed by atoms with Crippen molar-refractivity contribution in [3.63, 3.8) is 0 Å². The van der Waals surface area contributed by atoms with Crippen LogP contribution in [-0.4, -0.2) is 54.0 Å². The summed E-state index contributed by atoms with van der Waals surface area (Å²) in [5.41, 5.74) is 6.32. The van der Waals surface area contributed by atoms with Gasteiger partial charge in [-0.25, -0.2) is 0 Å². The number of piperidine rings is 1. The molecule has 1 amide bonds. The summed E-state index contributed by atoms with van der Waals surface area (Å²) in [6, 6.07) is 0.630. The normalized spacial score (nSPS) is 19.1. The summed E-state index contributed by atoms with van der Waals surface area (Å²) in [7, 11) is 0. The molecule has 124 valence electrons. The summed E-state index contributed by atoms with van der Waals surface area (Å²) >= 11 is 0. The number of nitrogens with zero attached hydrogens (tertiary/aromatic N) is 2. The second-order valence-electron chi connectivity index (χ2n) is 7.56. The van der Waals surface area contributed by atoms with E-state index in [1.165, 1.54) is 0 Å². The fourth-order valence-electron chi connectivity index (χ4n) is 3.43. The number of hydrogen-bond acceptors (Lipinski definition) is 3. The van der Waals surface area contributed by atoms with E-state index in [1.807, 2.05) is 4.90 Å². The van der Waals surface area contributed by atoms with Crippen LogP contribution in [0.25, 0.3) is 0 Å². The van der Waals surface area contributed by atoms with E-state index in [-0.39, 0.29) is 17.4 Å². The Morgan fingerprint density at radius 3 is 2.19 bits per heavy atom. The van der Waals surface area contributed by atoms with E-state index < -0.39 is 0 Å². The van der Waals surface area contributed by atoms with E-state index in [0.717, 1.165) is 45.4 Å². The molecule has 1 atom stereocenters. The molecule has 0 radical (unpaired) electrons. The molecule has 2 N–H and O–H groups in total. The zero-order valence-corrected chi connectivity index (χ0v) is 14.7. The molecular weight excluding hydrogens is 262 g/mol. The number of amides is 1. The van der Waals surface area contributed by atoms with E-state index in [4.69, 9.17) is 5.73 Å². The predicted octanol–water partition coefficient (Wildman–Crippen LogP) is 2.47. The minimum absolute atomic E-state index is 0.0157. The summed E-state index contributed by atoms with van der Waals surface area (Å²) in [5.74, 6) is 0.241. The molecule has 0 aromatic heterocycles. The summed E-state index contributed by atoms with van der Waals surface area (Å²) < 4.78 is 0. The quantitative estimate of drug-likeness (QED) is 0.819. The predicted molar refractivity (Wildman–Crippen MR) is 89.2 cm³/mol. The van der Waals surface area contributed by atoms with Crippen LogP contribution in [-0.2, 0) is 4.79 Å². The molecule has 21 heavy (non-hydrogen) atoms. The molecule has 4 nitrogen and oxygen atoms in total. The zero-order valence-electron chi connectivity index (χ0n) is 14.7. The first-order valence-corrected chi connectivity index (χ1v) is 8.54. The van der Waals surface area contributed by atoms with E-state index in [2.05, 4.69) is 39.5 Å². The average Bonchev–Trinajstić information content (AvgIpc) is 2.38. The fourth-order valence-corrected chi connectivity index (χ4v) is 3.43. The minimum Gasteiger partial charge on any atom is -0.343 e. The topological polar surface area (TPSA) is 49.6 Å². The van der Waals surface area contributed by atoms with E-state index in [9.17, 15) is 4.79 Å². The van der Waals surface area contributed by atoms with Gasteiger partial charge in [0.15, 0.2) is 0 Å². The lowest BCUT2D eigenvalue weighted by Crippen LogP contribution is -2.47. The third-order valence-corrected chi connectivity index (χ3v) is 4.46. The minimum atomic E-state index is -0.0157. The second kappa shape index (κ2) is 8.14. The van der Waals surface area contributed by atoms with Gasteiger partial charge in [0.1, 0.15) is 0 Å². The Morgan fingerprint density at radius 1 is 1.24 bits per heavy atom. The van der Waals surface area contributed by atoms with Crippen molar-refractivity contribution in [2.24, 2.45) is 11.1 Å². The molecule has 1 saturated heterocycles. The first-order chi connectivity index (χ1) is 9.76. The van der Waals surface area contributed by atoms with Gasteiger partial charge < -0.3 is 15.5 Å². The van der Waals surface area contributed by atoms with Crippen molar-refractivity contribution in [2.45, 2.75) is 72.4 Å². The van der Waals surface area contributed by atoms with Gasteiger partial charge in [-0.05, 0) is 37.8 Å². The van der Waals surface area contributed by atoms with Crippen molar-refractivity contribution >= 4 is 5.91 Å². The molecule has 0 spiro atoms. The maximum Gasteiger partial charge on any atom is 0.224 e. The summed E-state index contributed by atoms with van der Waals surface area (Å²) in [6.07, 6.45) is 3.59. The molecule has 0 saturated carbocycles. The Balaban J connectivity index is 2.38. The number of hydrogen-bond donors (Lipinski definition) is 1. The largest absolute Gasteiger partial charge is 0.343 e. The number of nitrogens with two attached hydrogens (primary N) is 1. The van der Waals surface area contributed by atoms with Crippen molar-refractivity contribution in [3.05, 3.63) is 0 Å². The van der Waals surface area contributed by atoms with Crippen LogP contribution in [0.1, 0.15) is 60.3 Å². The smallest absolute Gasteiger partial charge is 0.224 e. The highest BCUT2D eigenvalue weighted by molar-refractivity contribution is 5.76. The van der Waals surface area contributed by atoms with Gasteiger partial charge in [-0.3, -0.25) is 4.79 Å². The third-order valence-electron chi connectivity index (χ3n) is 4.46. The summed E-state index contributed by atoms with van der Waals surface area (Å²) in [6.45, 7) is 14.9. The number of likely N-dealkylation sites (tertiary alicyclic amines) is 1. The standard InChI is InChI=1S/C17H35N3O/c1-6-19(7-2)15-8-10-20(11-9-15)16(21)12-14(18)13-17(3,4)5/h14-15H,6-13,18H2,1-5H3. The Kier molecular flexibility index (Phi) is 7.14. The van der Waals surface area contributed by atoms with Gasteiger partial charge in [0.2, 0.25) is 5.91 Å². The molecule has 1 heterocycles. The maximum atomic E-state index is 12.3. The van der Waals surface area contributed by atoms with Crippen LogP contribution in [0.5, 0.6) is 0 Å².